The van der Waals surface area contributed by atoms with E-state index in [0.29, 0.717) is 5.92 Å². The molecule has 2 aromatic rings. The molecular formula is C19H26N4O2. The third-order valence-corrected chi connectivity index (χ3v) is 4.41. The molecule has 3 rings (SSSR count). The van der Waals surface area contributed by atoms with Gasteiger partial charge in [0.25, 0.3) is 0 Å². The molecule has 1 aromatic carbocycles. The average molecular weight is 342 g/mol. The molecule has 1 fully saturated rings. The summed E-state index contributed by atoms with van der Waals surface area (Å²) in [5.41, 5.74) is 0.738. The molecule has 0 spiro atoms. The molecule has 0 radical (unpaired) electrons. The fraction of sp³-hybridized carbons (Fsp3) is 0.526. The molecule has 6 heteroatoms. The summed E-state index contributed by atoms with van der Waals surface area (Å²) in [6, 6.07) is 10.2. The molecular weight excluding hydrogens is 316 g/mol. The highest BCUT2D eigenvalue weighted by Gasteiger charge is 2.29. The van der Waals surface area contributed by atoms with E-state index >= 15 is 0 Å². The quantitative estimate of drug-likeness (QED) is 0.924. The number of rotatable bonds is 4. The normalized spacial score (nSPS) is 16.8. The largest absolute Gasteiger partial charge is 0.367 e. The number of benzene rings is 1. The van der Waals surface area contributed by atoms with E-state index in [1.807, 2.05) is 39.0 Å². The number of aromatic nitrogens is 3. The lowest BCUT2D eigenvalue weighted by molar-refractivity contribution is -0.204. The zero-order chi connectivity index (χ0) is 17.9. The van der Waals surface area contributed by atoms with Crippen molar-refractivity contribution in [1.82, 2.24) is 20.2 Å². The minimum Gasteiger partial charge on any atom is -0.367 e. The fourth-order valence-electron chi connectivity index (χ4n) is 2.82. The van der Waals surface area contributed by atoms with E-state index in [9.17, 15) is 4.79 Å². The lowest BCUT2D eigenvalue weighted by Crippen LogP contribution is -2.38. The lowest BCUT2D eigenvalue weighted by atomic mass is 9.96. The van der Waals surface area contributed by atoms with Crippen molar-refractivity contribution in [2.75, 3.05) is 13.1 Å². The Kier molecular flexibility index (Phi) is 5.18. The maximum atomic E-state index is 12.0. The van der Waals surface area contributed by atoms with Crippen LogP contribution in [0, 0.1) is 5.41 Å². The van der Waals surface area contributed by atoms with E-state index in [2.05, 4.69) is 27.3 Å². The smallest absolute Gasteiger partial charge is 0.330 e. The molecule has 0 amide bonds. The van der Waals surface area contributed by atoms with Crippen LogP contribution in [0.15, 0.2) is 30.3 Å². The van der Waals surface area contributed by atoms with Gasteiger partial charge in [-0.15, -0.1) is 5.06 Å². The van der Waals surface area contributed by atoms with Crippen LogP contribution in [0.2, 0.25) is 0 Å². The molecule has 1 aromatic heterocycles. The Morgan fingerprint density at radius 3 is 2.56 bits per heavy atom. The monoisotopic (exact) mass is 342 g/mol. The summed E-state index contributed by atoms with van der Waals surface area (Å²) in [6.45, 7) is 7.03. The van der Waals surface area contributed by atoms with Crippen molar-refractivity contribution in [3.63, 3.8) is 0 Å². The van der Waals surface area contributed by atoms with Crippen LogP contribution < -0.4 is 0 Å². The second-order valence-corrected chi connectivity index (χ2v) is 7.63. The van der Waals surface area contributed by atoms with E-state index in [-0.39, 0.29) is 5.97 Å². The number of carbonyl (C=O) groups excluding carboxylic acids is 1. The molecule has 25 heavy (non-hydrogen) atoms. The first-order chi connectivity index (χ1) is 11.9. The van der Waals surface area contributed by atoms with Crippen molar-refractivity contribution in [2.24, 2.45) is 5.41 Å². The molecule has 0 atom stereocenters. The van der Waals surface area contributed by atoms with Gasteiger partial charge in [-0.2, -0.15) is 5.10 Å². The second kappa shape index (κ2) is 7.35. The summed E-state index contributed by atoms with van der Waals surface area (Å²) in [6.07, 6.45) is 2.54. The van der Waals surface area contributed by atoms with Gasteiger partial charge in [-0.1, -0.05) is 30.3 Å². The topological polar surface area (TPSA) is 71.1 Å². The molecule has 6 nitrogen and oxygen atoms in total. The molecule has 1 aliphatic heterocycles. The van der Waals surface area contributed by atoms with Gasteiger partial charge in [0, 0.05) is 25.4 Å². The van der Waals surface area contributed by atoms with E-state index in [0.717, 1.165) is 44.0 Å². The summed E-state index contributed by atoms with van der Waals surface area (Å²) in [5.74, 6) is 1.88. The first-order valence-corrected chi connectivity index (χ1v) is 8.84. The third-order valence-electron chi connectivity index (χ3n) is 4.41. The number of hydrogen-bond donors (Lipinski definition) is 1. The molecule has 0 unspecified atom stereocenters. The predicted octanol–water partition coefficient (Wildman–Crippen LogP) is 3.08. The van der Waals surface area contributed by atoms with Crippen LogP contribution in [0.5, 0.6) is 0 Å². The van der Waals surface area contributed by atoms with Crippen LogP contribution >= 0.6 is 0 Å². The zero-order valence-electron chi connectivity index (χ0n) is 15.2. The predicted molar refractivity (Wildman–Crippen MR) is 94.7 cm³/mol. The first kappa shape index (κ1) is 17.6. The number of piperidine rings is 1. The van der Waals surface area contributed by atoms with Crippen molar-refractivity contribution in [2.45, 2.75) is 46.0 Å². The molecule has 0 saturated carbocycles. The third kappa shape index (κ3) is 4.66. The van der Waals surface area contributed by atoms with Crippen molar-refractivity contribution >= 4 is 5.97 Å². The summed E-state index contributed by atoms with van der Waals surface area (Å²) in [4.78, 5) is 22.1. The van der Waals surface area contributed by atoms with Crippen LogP contribution in [0.25, 0.3) is 0 Å². The molecule has 1 aliphatic rings. The Hall–Kier alpha value is -2.21. The average Bonchev–Trinajstić information content (AvgIpc) is 3.04. The Morgan fingerprint density at radius 2 is 1.92 bits per heavy atom. The minimum atomic E-state index is -0.479. The number of hydroxylamine groups is 2. The van der Waals surface area contributed by atoms with E-state index < -0.39 is 5.41 Å². The van der Waals surface area contributed by atoms with Gasteiger partial charge in [0.2, 0.25) is 0 Å². The molecule has 0 bridgehead atoms. The number of nitrogens with zero attached hydrogens (tertiary/aromatic N) is 3. The maximum Gasteiger partial charge on any atom is 0.330 e. The molecule has 1 N–H and O–H groups in total. The Morgan fingerprint density at radius 1 is 1.24 bits per heavy atom. The standard InChI is InChI=1S/C19H26N4O2/c1-19(2,3)18(24)25-23-11-9-15(10-12-23)17-20-16(21-22-17)13-14-7-5-4-6-8-14/h4-8,15H,9-13H2,1-3H3,(H,20,21,22). The van der Waals surface area contributed by atoms with Crippen molar-refractivity contribution in [1.29, 1.82) is 0 Å². The highest BCUT2D eigenvalue weighted by atomic mass is 16.7. The van der Waals surface area contributed by atoms with Gasteiger partial charge in [-0.3, -0.25) is 5.10 Å². The van der Waals surface area contributed by atoms with Crippen LogP contribution in [-0.4, -0.2) is 39.3 Å². The summed E-state index contributed by atoms with van der Waals surface area (Å²) in [5, 5.41) is 9.22. The van der Waals surface area contributed by atoms with E-state index in [1.165, 1.54) is 5.56 Å². The van der Waals surface area contributed by atoms with E-state index in [1.54, 1.807) is 5.06 Å². The van der Waals surface area contributed by atoms with E-state index in [4.69, 9.17) is 4.84 Å². The number of H-pyrrole nitrogens is 1. The fourth-order valence-corrected chi connectivity index (χ4v) is 2.82. The number of hydrogen-bond acceptors (Lipinski definition) is 5. The van der Waals surface area contributed by atoms with Crippen LogP contribution in [0.4, 0.5) is 0 Å². The van der Waals surface area contributed by atoms with Crippen molar-refractivity contribution < 1.29 is 9.63 Å². The molecule has 0 aliphatic carbocycles. The second-order valence-electron chi connectivity index (χ2n) is 7.63. The summed E-state index contributed by atoms with van der Waals surface area (Å²) >= 11 is 0. The van der Waals surface area contributed by atoms with Crippen LogP contribution in [0.1, 0.15) is 56.7 Å². The Labute approximate surface area is 148 Å². The van der Waals surface area contributed by atoms with Gasteiger partial charge in [0.05, 0.1) is 5.41 Å². The lowest BCUT2D eigenvalue weighted by Gasteiger charge is -2.31. The van der Waals surface area contributed by atoms with Crippen molar-refractivity contribution in [3.8, 4) is 0 Å². The Bertz CT molecular complexity index is 698. The van der Waals surface area contributed by atoms with Gasteiger partial charge in [-0.25, -0.2) is 9.78 Å². The maximum absolute atomic E-state index is 12.0. The molecule has 1 saturated heterocycles. The number of carbonyl (C=O) groups is 1. The minimum absolute atomic E-state index is 0.186. The molecule has 134 valence electrons. The van der Waals surface area contributed by atoms with Gasteiger partial charge in [0.1, 0.15) is 5.82 Å². The number of nitrogens with one attached hydrogen (secondary N) is 1. The molecule has 2 heterocycles. The van der Waals surface area contributed by atoms with Crippen molar-refractivity contribution in [3.05, 3.63) is 47.5 Å². The highest BCUT2D eigenvalue weighted by molar-refractivity contribution is 5.75. The SMILES string of the molecule is CC(C)(C)C(=O)ON1CCC(c2n[nH]c(Cc3ccccc3)n2)CC1. The van der Waals surface area contributed by atoms with Gasteiger partial charge < -0.3 is 4.84 Å². The van der Waals surface area contributed by atoms with Gasteiger partial charge in [0.15, 0.2) is 5.82 Å². The van der Waals surface area contributed by atoms with Crippen LogP contribution in [-0.2, 0) is 16.1 Å². The number of aromatic amines is 1. The van der Waals surface area contributed by atoms with Crippen LogP contribution in [0.3, 0.4) is 0 Å². The first-order valence-electron chi connectivity index (χ1n) is 8.84. The van der Waals surface area contributed by atoms with Gasteiger partial charge in [-0.05, 0) is 39.2 Å². The summed E-state index contributed by atoms with van der Waals surface area (Å²) < 4.78 is 0. The van der Waals surface area contributed by atoms with Gasteiger partial charge >= 0.3 is 5.97 Å². The highest BCUT2D eigenvalue weighted by Crippen LogP contribution is 2.27. The Balaban J connectivity index is 1.52. The zero-order valence-corrected chi connectivity index (χ0v) is 15.2. The summed E-state index contributed by atoms with van der Waals surface area (Å²) in [7, 11) is 0.